The van der Waals surface area contributed by atoms with Gasteiger partial charge in [0, 0.05) is 17.1 Å². The van der Waals surface area contributed by atoms with Crippen LogP contribution in [0, 0.1) is 25.2 Å². The van der Waals surface area contributed by atoms with E-state index in [1.54, 1.807) is 12.1 Å². The monoisotopic (exact) mass is 374 g/mol. The van der Waals surface area contributed by atoms with E-state index in [0.717, 1.165) is 17.0 Å². The van der Waals surface area contributed by atoms with E-state index < -0.39 is 0 Å². The van der Waals surface area contributed by atoms with Crippen LogP contribution in [-0.4, -0.2) is 28.8 Å². The predicted molar refractivity (Wildman–Crippen MR) is 100 cm³/mol. The number of halogens is 1. The first-order chi connectivity index (χ1) is 12.5. The SMILES string of the molecule is Cc1nn(CCC#N)c(C)c1CCC(=O)NCCOc1cccc(Cl)c1. The molecule has 0 aliphatic heterocycles. The van der Waals surface area contributed by atoms with E-state index in [2.05, 4.69) is 16.5 Å². The van der Waals surface area contributed by atoms with Crippen LogP contribution < -0.4 is 10.1 Å². The number of carbonyl (C=O) groups excluding carboxylic acids is 1. The van der Waals surface area contributed by atoms with Crippen molar-refractivity contribution < 1.29 is 9.53 Å². The summed E-state index contributed by atoms with van der Waals surface area (Å²) in [5.74, 6) is 0.658. The number of nitriles is 1. The Morgan fingerprint density at radius 2 is 2.23 bits per heavy atom. The quantitative estimate of drug-likeness (QED) is 0.683. The molecule has 0 aliphatic carbocycles. The van der Waals surface area contributed by atoms with Crippen molar-refractivity contribution >= 4 is 17.5 Å². The molecule has 1 amide bonds. The first-order valence-corrected chi connectivity index (χ1v) is 8.94. The van der Waals surface area contributed by atoms with Crippen LogP contribution in [0.25, 0.3) is 0 Å². The van der Waals surface area contributed by atoms with Crippen LogP contribution in [0.5, 0.6) is 5.75 Å². The molecule has 2 aromatic rings. The molecule has 26 heavy (non-hydrogen) atoms. The molecule has 7 heteroatoms. The van der Waals surface area contributed by atoms with Crippen LogP contribution >= 0.6 is 11.6 Å². The second-order valence-electron chi connectivity index (χ2n) is 5.94. The van der Waals surface area contributed by atoms with Gasteiger partial charge in [-0.15, -0.1) is 0 Å². The van der Waals surface area contributed by atoms with Gasteiger partial charge in [0.15, 0.2) is 0 Å². The molecule has 138 valence electrons. The summed E-state index contributed by atoms with van der Waals surface area (Å²) in [6.45, 7) is 5.31. The lowest BCUT2D eigenvalue weighted by atomic mass is 10.1. The third-order valence-corrected chi connectivity index (χ3v) is 4.29. The fourth-order valence-electron chi connectivity index (χ4n) is 2.71. The molecule has 6 nitrogen and oxygen atoms in total. The Hall–Kier alpha value is -2.52. The molecular formula is C19H23ClN4O2. The second kappa shape index (κ2) is 9.83. The summed E-state index contributed by atoms with van der Waals surface area (Å²) >= 11 is 5.89. The summed E-state index contributed by atoms with van der Waals surface area (Å²) in [4.78, 5) is 12.0. The maximum Gasteiger partial charge on any atom is 0.220 e. The van der Waals surface area contributed by atoms with Gasteiger partial charge in [-0.25, -0.2) is 0 Å². The third-order valence-electron chi connectivity index (χ3n) is 4.06. The zero-order valence-corrected chi connectivity index (χ0v) is 15.8. The molecule has 0 atom stereocenters. The van der Waals surface area contributed by atoms with Crippen molar-refractivity contribution in [2.75, 3.05) is 13.2 Å². The number of hydrogen-bond acceptors (Lipinski definition) is 4. The summed E-state index contributed by atoms with van der Waals surface area (Å²) in [5.41, 5.74) is 3.01. The molecule has 0 saturated carbocycles. The molecule has 1 aromatic heterocycles. The van der Waals surface area contributed by atoms with Crippen molar-refractivity contribution in [2.45, 2.75) is 39.7 Å². The number of nitrogens with one attached hydrogen (secondary N) is 1. The van der Waals surface area contributed by atoms with Crippen LogP contribution in [0.3, 0.4) is 0 Å². The molecule has 0 spiro atoms. The Kier molecular flexibility index (Phi) is 7.49. The minimum Gasteiger partial charge on any atom is -0.492 e. The summed E-state index contributed by atoms with van der Waals surface area (Å²) in [5, 5.41) is 16.6. The van der Waals surface area contributed by atoms with Gasteiger partial charge in [0.05, 0.1) is 31.3 Å². The first kappa shape index (κ1) is 19.8. The highest BCUT2D eigenvalue weighted by Gasteiger charge is 2.12. The van der Waals surface area contributed by atoms with Gasteiger partial charge >= 0.3 is 0 Å². The fraction of sp³-hybridized carbons (Fsp3) is 0.421. The normalized spacial score (nSPS) is 10.4. The van der Waals surface area contributed by atoms with Gasteiger partial charge < -0.3 is 10.1 Å². The number of aryl methyl sites for hydroxylation is 2. The van der Waals surface area contributed by atoms with E-state index in [4.69, 9.17) is 21.6 Å². The van der Waals surface area contributed by atoms with Crippen LogP contribution in [0.4, 0.5) is 0 Å². The number of nitrogens with zero attached hydrogens (tertiary/aromatic N) is 3. The maximum atomic E-state index is 12.0. The molecule has 1 heterocycles. The Morgan fingerprint density at radius 3 is 2.96 bits per heavy atom. The van der Waals surface area contributed by atoms with Crippen molar-refractivity contribution in [2.24, 2.45) is 0 Å². The number of ether oxygens (including phenoxy) is 1. The van der Waals surface area contributed by atoms with Crippen LogP contribution in [0.1, 0.15) is 29.8 Å². The van der Waals surface area contributed by atoms with Crippen molar-refractivity contribution in [3.63, 3.8) is 0 Å². The second-order valence-corrected chi connectivity index (χ2v) is 6.37. The molecule has 2 rings (SSSR count). The highest BCUT2D eigenvalue weighted by molar-refractivity contribution is 6.30. The molecule has 0 aliphatic rings. The van der Waals surface area contributed by atoms with Gasteiger partial charge in [-0.1, -0.05) is 17.7 Å². The molecular weight excluding hydrogens is 352 g/mol. The van der Waals surface area contributed by atoms with Gasteiger partial charge in [-0.2, -0.15) is 10.4 Å². The van der Waals surface area contributed by atoms with Crippen molar-refractivity contribution in [1.82, 2.24) is 15.1 Å². The number of aromatic nitrogens is 2. The molecule has 0 unspecified atom stereocenters. The lowest BCUT2D eigenvalue weighted by Crippen LogP contribution is -2.28. The van der Waals surface area contributed by atoms with E-state index in [9.17, 15) is 4.79 Å². The minimum atomic E-state index is -0.0248. The van der Waals surface area contributed by atoms with E-state index in [1.807, 2.05) is 30.7 Å². The van der Waals surface area contributed by atoms with Gasteiger partial charge in [-0.05, 0) is 44.0 Å². The van der Waals surface area contributed by atoms with Gasteiger partial charge in [-0.3, -0.25) is 9.48 Å². The van der Waals surface area contributed by atoms with Crippen molar-refractivity contribution in [1.29, 1.82) is 5.26 Å². The van der Waals surface area contributed by atoms with Gasteiger partial charge in [0.2, 0.25) is 5.91 Å². The van der Waals surface area contributed by atoms with Gasteiger partial charge in [0.1, 0.15) is 12.4 Å². The summed E-state index contributed by atoms with van der Waals surface area (Å²) in [6.07, 6.45) is 1.45. The lowest BCUT2D eigenvalue weighted by Gasteiger charge is -2.08. The molecule has 1 aromatic carbocycles. The Morgan fingerprint density at radius 1 is 1.42 bits per heavy atom. The Balaban J connectivity index is 1.73. The van der Waals surface area contributed by atoms with Crippen LogP contribution in [-0.2, 0) is 17.8 Å². The van der Waals surface area contributed by atoms with Gasteiger partial charge in [0.25, 0.3) is 0 Å². The highest BCUT2D eigenvalue weighted by Crippen LogP contribution is 2.17. The third kappa shape index (κ3) is 5.78. The smallest absolute Gasteiger partial charge is 0.220 e. The van der Waals surface area contributed by atoms with E-state index in [0.29, 0.717) is 49.7 Å². The van der Waals surface area contributed by atoms with E-state index in [1.165, 1.54) is 0 Å². The van der Waals surface area contributed by atoms with Crippen molar-refractivity contribution in [3.8, 4) is 11.8 Å². The van der Waals surface area contributed by atoms with E-state index >= 15 is 0 Å². The highest BCUT2D eigenvalue weighted by atomic mass is 35.5. The maximum absolute atomic E-state index is 12.0. The molecule has 0 bridgehead atoms. The average molecular weight is 375 g/mol. The lowest BCUT2D eigenvalue weighted by molar-refractivity contribution is -0.121. The van der Waals surface area contributed by atoms with Crippen LogP contribution in [0.15, 0.2) is 24.3 Å². The summed E-state index contributed by atoms with van der Waals surface area (Å²) in [6, 6.07) is 9.28. The Bertz CT molecular complexity index is 795. The number of rotatable bonds is 9. The summed E-state index contributed by atoms with van der Waals surface area (Å²) in [7, 11) is 0. The van der Waals surface area contributed by atoms with Crippen LogP contribution in [0.2, 0.25) is 5.02 Å². The van der Waals surface area contributed by atoms with E-state index in [-0.39, 0.29) is 5.91 Å². The fourth-order valence-corrected chi connectivity index (χ4v) is 2.89. The van der Waals surface area contributed by atoms with Crippen molar-refractivity contribution in [3.05, 3.63) is 46.2 Å². The first-order valence-electron chi connectivity index (χ1n) is 8.56. The number of carbonyl (C=O) groups is 1. The minimum absolute atomic E-state index is 0.0248. The zero-order valence-electron chi connectivity index (χ0n) is 15.1. The largest absolute Gasteiger partial charge is 0.492 e. The summed E-state index contributed by atoms with van der Waals surface area (Å²) < 4.78 is 7.38. The topological polar surface area (TPSA) is 79.9 Å². The number of amides is 1. The average Bonchev–Trinajstić information content (AvgIpc) is 2.88. The Labute approximate surface area is 158 Å². The predicted octanol–water partition coefficient (Wildman–Crippen LogP) is 3.19. The molecule has 0 radical (unpaired) electrons. The molecule has 0 saturated heterocycles. The number of benzene rings is 1. The zero-order chi connectivity index (χ0) is 18.9. The number of hydrogen-bond donors (Lipinski definition) is 1. The molecule has 0 fully saturated rings. The molecule has 1 N–H and O–H groups in total. The standard InChI is InChI=1S/C19H23ClN4O2/c1-14-18(15(2)24(23-14)11-4-9-21)7-8-19(25)22-10-12-26-17-6-3-5-16(20)13-17/h3,5-6,13H,4,7-8,10-12H2,1-2H3,(H,22,25).